The molecule has 0 spiro atoms. The van der Waals surface area contributed by atoms with E-state index in [9.17, 15) is 0 Å². The Balaban J connectivity index is 2.14. The SMILES string of the molecule is [c]1ccc2[nH]cc(C3=CCNCC3)c2c1. The van der Waals surface area contributed by atoms with Gasteiger partial charge in [-0.3, -0.25) is 0 Å². The number of rotatable bonds is 1. The van der Waals surface area contributed by atoms with E-state index in [1.807, 2.05) is 6.07 Å². The molecule has 1 radical (unpaired) electrons. The van der Waals surface area contributed by atoms with E-state index in [4.69, 9.17) is 0 Å². The highest BCUT2D eigenvalue weighted by Crippen LogP contribution is 2.27. The van der Waals surface area contributed by atoms with Crippen LogP contribution in [-0.2, 0) is 0 Å². The molecule has 0 unspecified atom stereocenters. The molecule has 1 aromatic heterocycles. The largest absolute Gasteiger partial charge is 0.361 e. The molecule has 0 atom stereocenters. The van der Waals surface area contributed by atoms with E-state index in [1.165, 1.54) is 22.0 Å². The van der Waals surface area contributed by atoms with Crippen LogP contribution in [-0.4, -0.2) is 18.1 Å². The van der Waals surface area contributed by atoms with Crippen molar-refractivity contribution >= 4 is 16.5 Å². The third-order valence-corrected chi connectivity index (χ3v) is 2.94. The maximum atomic E-state index is 3.33. The lowest BCUT2D eigenvalue weighted by molar-refractivity contribution is 0.739. The van der Waals surface area contributed by atoms with Gasteiger partial charge in [-0.05, 0) is 36.7 Å². The Morgan fingerprint density at radius 1 is 1.33 bits per heavy atom. The van der Waals surface area contributed by atoms with Crippen LogP contribution < -0.4 is 5.32 Å². The lowest BCUT2D eigenvalue weighted by Crippen LogP contribution is -2.19. The van der Waals surface area contributed by atoms with Crippen molar-refractivity contribution in [3.8, 4) is 0 Å². The van der Waals surface area contributed by atoms with Gasteiger partial charge in [0.2, 0.25) is 0 Å². The molecule has 15 heavy (non-hydrogen) atoms. The van der Waals surface area contributed by atoms with Crippen molar-refractivity contribution in [3.63, 3.8) is 0 Å². The van der Waals surface area contributed by atoms with Crippen molar-refractivity contribution in [1.82, 2.24) is 10.3 Å². The van der Waals surface area contributed by atoms with Crippen molar-refractivity contribution in [2.45, 2.75) is 6.42 Å². The van der Waals surface area contributed by atoms with Gasteiger partial charge < -0.3 is 10.3 Å². The van der Waals surface area contributed by atoms with E-state index in [1.54, 1.807) is 0 Å². The van der Waals surface area contributed by atoms with E-state index in [-0.39, 0.29) is 0 Å². The molecule has 1 aliphatic rings. The summed E-state index contributed by atoms with van der Waals surface area (Å²) in [6.07, 6.45) is 5.50. The molecule has 2 aromatic rings. The highest BCUT2D eigenvalue weighted by molar-refractivity contribution is 5.92. The molecular weight excluding hydrogens is 184 g/mol. The summed E-state index contributed by atoms with van der Waals surface area (Å²) in [7, 11) is 0. The molecule has 2 nitrogen and oxygen atoms in total. The molecule has 75 valence electrons. The third-order valence-electron chi connectivity index (χ3n) is 2.94. The van der Waals surface area contributed by atoms with Crippen LogP contribution in [0.1, 0.15) is 12.0 Å². The topological polar surface area (TPSA) is 27.8 Å². The first-order valence-corrected chi connectivity index (χ1v) is 5.32. The number of nitrogens with one attached hydrogen (secondary N) is 2. The second kappa shape index (κ2) is 3.55. The van der Waals surface area contributed by atoms with Crippen molar-refractivity contribution in [2.75, 3.05) is 13.1 Å². The summed E-state index contributed by atoms with van der Waals surface area (Å²) in [6.45, 7) is 2.06. The first kappa shape index (κ1) is 8.74. The number of fused-ring (bicyclic) bond motifs is 1. The van der Waals surface area contributed by atoms with Crippen LogP contribution >= 0.6 is 0 Å². The van der Waals surface area contributed by atoms with E-state index < -0.39 is 0 Å². The van der Waals surface area contributed by atoms with Crippen LogP contribution in [0, 0.1) is 6.07 Å². The summed E-state index contributed by atoms with van der Waals surface area (Å²) in [4.78, 5) is 3.30. The Bertz CT molecular complexity index is 508. The number of benzene rings is 1. The van der Waals surface area contributed by atoms with Gasteiger partial charge in [-0.2, -0.15) is 0 Å². The summed E-state index contributed by atoms with van der Waals surface area (Å²) >= 11 is 0. The van der Waals surface area contributed by atoms with Crippen molar-refractivity contribution in [2.24, 2.45) is 0 Å². The standard InChI is InChI=1S/C13H13N2/c1-2-4-13-11(3-1)12(9-15-13)10-5-7-14-8-6-10/h2-5,9,14-15H,6-8H2. The predicted molar refractivity (Wildman–Crippen MR) is 62.6 cm³/mol. The second-order valence-electron chi connectivity index (χ2n) is 3.86. The molecule has 0 aliphatic carbocycles. The number of hydrogen-bond donors (Lipinski definition) is 2. The second-order valence-corrected chi connectivity index (χ2v) is 3.86. The number of H-pyrrole nitrogens is 1. The zero-order valence-electron chi connectivity index (χ0n) is 8.51. The molecule has 1 aliphatic heterocycles. The van der Waals surface area contributed by atoms with Gasteiger partial charge in [0.1, 0.15) is 0 Å². The summed E-state index contributed by atoms with van der Waals surface area (Å²) in [5, 5.41) is 4.61. The smallest absolute Gasteiger partial charge is 0.0460 e. The third kappa shape index (κ3) is 1.47. The summed E-state index contributed by atoms with van der Waals surface area (Å²) in [6, 6.07) is 9.21. The van der Waals surface area contributed by atoms with E-state index in [2.05, 4.69) is 40.8 Å². The highest BCUT2D eigenvalue weighted by Gasteiger charge is 2.09. The lowest BCUT2D eigenvalue weighted by atomic mass is 10.00. The molecule has 2 N–H and O–H groups in total. The van der Waals surface area contributed by atoms with Crippen LogP contribution in [0.2, 0.25) is 0 Å². The molecule has 2 heterocycles. The number of hydrogen-bond acceptors (Lipinski definition) is 1. The molecule has 0 bridgehead atoms. The van der Waals surface area contributed by atoms with Gasteiger partial charge in [-0.1, -0.05) is 12.1 Å². The molecule has 0 fully saturated rings. The monoisotopic (exact) mass is 197 g/mol. The van der Waals surface area contributed by atoms with Gasteiger partial charge in [0.25, 0.3) is 0 Å². The Kier molecular flexibility index (Phi) is 2.07. The Labute approximate surface area is 89.0 Å². The van der Waals surface area contributed by atoms with Gasteiger partial charge in [0.15, 0.2) is 0 Å². The first-order valence-electron chi connectivity index (χ1n) is 5.32. The van der Waals surface area contributed by atoms with Crippen LogP contribution in [0.4, 0.5) is 0 Å². The highest BCUT2D eigenvalue weighted by atomic mass is 14.8. The summed E-state index contributed by atoms with van der Waals surface area (Å²) in [5.41, 5.74) is 3.98. The molecule has 3 rings (SSSR count). The molecule has 0 amide bonds. The Morgan fingerprint density at radius 3 is 3.20 bits per heavy atom. The fourth-order valence-corrected chi connectivity index (χ4v) is 2.14. The van der Waals surface area contributed by atoms with Crippen molar-refractivity contribution < 1.29 is 0 Å². The summed E-state index contributed by atoms with van der Waals surface area (Å²) in [5.74, 6) is 0. The van der Waals surface area contributed by atoms with Gasteiger partial charge in [-0.15, -0.1) is 0 Å². The predicted octanol–water partition coefficient (Wildman–Crippen LogP) is 2.34. The normalized spacial score (nSPS) is 16.7. The van der Waals surface area contributed by atoms with Crippen LogP contribution in [0.25, 0.3) is 16.5 Å². The lowest BCUT2D eigenvalue weighted by Gasteiger charge is -2.13. The molecule has 0 saturated heterocycles. The average Bonchev–Trinajstić information content (AvgIpc) is 2.74. The minimum Gasteiger partial charge on any atom is -0.361 e. The molecule has 0 saturated carbocycles. The zero-order valence-corrected chi connectivity index (χ0v) is 8.51. The van der Waals surface area contributed by atoms with E-state index >= 15 is 0 Å². The van der Waals surface area contributed by atoms with Crippen molar-refractivity contribution in [3.05, 3.63) is 42.1 Å². The molecular formula is C13H13N2. The zero-order chi connectivity index (χ0) is 10.1. The Morgan fingerprint density at radius 2 is 2.33 bits per heavy atom. The maximum Gasteiger partial charge on any atom is 0.0460 e. The fourth-order valence-electron chi connectivity index (χ4n) is 2.14. The van der Waals surface area contributed by atoms with Gasteiger partial charge in [0, 0.05) is 29.2 Å². The number of aromatic nitrogens is 1. The minimum atomic E-state index is 0.985. The van der Waals surface area contributed by atoms with Crippen molar-refractivity contribution in [1.29, 1.82) is 0 Å². The first-order chi connectivity index (χ1) is 7.45. The van der Waals surface area contributed by atoms with E-state index in [0.29, 0.717) is 0 Å². The summed E-state index contributed by atoms with van der Waals surface area (Å²) < 4.78 is 0. The van der Waals surface area contributed by atoms with Gasteiger partial charge in [0.05, 0.1) is 0 Å². The quantitative estimate of drug-likeness (QED) is 0.721. The Hall–Kier alpha value is -1.54. The average molecular weight is 197 g/mol. The molecule has 1 aromatic carbocycles. The number of aromatic amines is 1. The van der Waals surface area contributed by atoms with E-state index in [0.717, 1.165) is 19.5 Å². The van der Waals surface area contributed by atoms with Gasteiger partial charge in [-0.25, -0.2) is 0 Å². The maximum absolute atomic E-state index is 3.33. The molecule has 2 heteroatoms. The van der Waals surface area contributed by atoms with Crippen LogP contribution in [0.5, 0.6) is 0 Å². The fraction of sp³-hybridized carbons (Fsp3) is 0.231. The van der Waals surface area contributed by atoms with Crippen LogP contribution in [0.15, 0.2) is 30.5 Å². The van der Waals surface area contributed by atoms with Crippen LogP contribution in [0.3, 0.4) is 0 Å². The van der Waals surface area contributed by atoms with Gasteiger partial charge >= 0.3 is 0 Å². The minimum absolute atomic E-state index is 0.985.